The normalized spacial score (nSPS) is 21.6. The van der Waals surface area contributed by atoms with E-state index < -0.39 is 4.87 Å². The molecule has 1 spiro atoms. The molecule has 1 aromatic carbocycles. The average molecular weight is 360 g/mol. The van der Waals surface area contributed by atoms with Gasteiger partial charge in [-0.15, -0.1) is 5.10 Å². The monoisotopic (exact) mass is 360 g/mol. The van der Waals surface area contributed by atoms with Gasteiger partial charge in [0.15, 0.2) is 5.17 Å². The minimum absolute atomic E-state index is 0.219. The number of hydrogen-bond acceptors (Lipinski definition) is 5. The van der Waals surface area contributed by atoms with E-state index in [9.17, 15) is 14.4 Å². The van der Waals surface area contributed by atoms with Gasteiger partial charge in [-0.05, 0) is 38.1 Å². The third-order valence-corrected chi connectivity index (χ3v) is 5.49. The molecule has 0 saturated heterocycles. The van der Waals surface area contributed by atoms with E-state index in [4.69, 9.17) is 0 Å². The maximum absolute atomic E-state index is 13.4. The molecule has 0 saturated carbocycles. The van der Waals surface area contributed by atoms with E-state index in [0.717, 1.165) is 34.1 Å². The number of aryl methyl sites for hydroxylation is 2. The van der Waals surface area contributed by atoms with Crippen molar-refractivity contribution in [1.82, 2.24) is 10.3 Å². The number of hydrazone groups is 1. The summed E-state index contributed by atoms with van der Waals surface area (Å²) in [6, 6.07) is 3.94. The number of thioether (sulfide) groups is 1. The first kappa shape index (κ1) is 17.5. The average Bonchev–Trinajstić information content (AvgIpc) is 2.98. The third-order valence-electron chi connectivity index (χ3n) is 4.25. The molecule has 0 aromatic heterocycles. The van der Waals surface area contributed by atoms with Crippen LogP contribution in [0.4, 0.5) is 5.69 Å². The van der Waals surface area contributed by atoms with Crippen molar-refractivity contribution in [3.63, 3.8) is 0 Å². The van der Waals surface area contributed by atoms with Crippen LogP contribution in [-0.2, 0) is 19.3 Å². The Morgan fingerprint density at radius 2 is 1.96 bits per heavy atom. The van der Waals surface area contributed by atoms with Gasteiger partial charge in [-0.3, -0.25) is 14.4 Å². The molecule has 1 N–H and O–H groups in total. The van der Waals surface area contributed by atoms with Crippen molar-refractivity contribution in [3.8, 4) is 0 Å². The van der Waals surface area contributed by atoms with Gasteiger partial charge in [0.1, 0.15) is 0 Å². The molecule has 1 atom stereocenters. The van der Waals surface area contributed by atoms with Gasteiger partial charge in [-0.1, -0.05) is 17.7 Å². The zero-order chi connectivity index (χ0) is 18.5. The van der Waals surface area contributed by atoms with Crippen LogP contribution in [0.3, 0.4) is 0 Å². The molecule has 0 aliphatic carbocycles. The predicted molar refractivity (Wildman–Crippen MR) is 97.0 cm³/mol. The van der Waals surface area contributed by atoms with Gasteiger partial charge in [0, 0.05) is 26.0 Å². The highest BCUT2D eigenvalue weighted by Crippen LogP contribution is 2.55. The quantitative estimate of drug-likeness (QED) is 0.828. The van der Waals surface area contributed by atoms with Crippen LogP contribution in [0.5, 0.6) is 0 Å². The molecular formula is C17H20N4O3S. The number of carbonyl (C=O) groups excluding carboxylic acids is 3. The fraction of sp³-hybridized carbons (Fsp3) is 0.412. The Balaban J connectivity index is 2.24. The lowest BCUT2D eigenvalue weighted by Gasteiger charge is -2.29. The summed E-state index contributed by atoms with van der Waals surface area (Å²) in [5.41, 5.74) is 3.52. The molecule has 0 unspecified atom stereocenters. The van der Waals surface area contributed by atoms with E-state index in [0.29, 0.717) is 6.54 Å². The summed E-state index contributed by atoms with van der Waals surface area (Å²) in [6.45, 7) is 9.02. The van der Waals surface area contributed by atoms with Crippen LogP contribution in [0.1, 0.15) is 37.5 Å². The summed E-state index contributed by atoms with van der Waals surface area (Å²) in [4.78, 5) is 37.4. The van der Waals surface area contributed by atoms with Crippen molar-refractivity contribution in [3.05, 3.63) is 28.8 Å². The van der Waals surface area contributed by atoms with Crippen molar-refractivity contribution in [2.45, 2.75) is 39.5 Å². The molecule has 132 valence electrons. The van der Waals surface area contributed by atoms with Gasteiger partial charge in [0.25, 0.3) is 5.91 Å². The summed E-state index contributed by atoms with van der Waals surface area (Å²) in [7, 11) is 0. The number of hydrogen-bond donors (Lipinski definition) is 1. The Hall–Kier alpha value is -2.35. The topological polar surface area (TPSA) is 82.1 Å². The van der Waals surface area contributed by atoms with Crippen LogP contribution >= 0.6 is 11.8 Å². The van der Waals surface area contributed by atoms with Crippen LogP contribution in [0, 0.1) is 13.8 Å². The molecule has 0 radical (unpaired) electrons. The van der Waals surface area contributed by atoms with E-state index in [-0.39, 0.29) is 22.9 Å². The van der Waals surface area contributed by atoms with Crippen LogP contribution < -0.4 is 10.2 Å². The minimum Gasteiger partial charge on any atom is -0.309 e. The molecule has 3 amide bonds. The number of anilines is 1. The van der Waals surface area contributed by atoms with Crippen LogP contribution in [0.15, 0.2) is 17.2 Å². The van der Waals surface area contributed by atoms with Crippen molar-refractivity contribution in [2.75, 3.05) is 11.4 Å². The summed E-state index contributed by atoms with van der Waals surface area (Å²) in [6.07, 6.45) is 0. The lowest BCUT2D eigenvalue weighted by molar-refractivity contribution is -0.139. The highest BCUT2D eigenvalue weighted by atomic mass is 32.2. The second-order valence-electron chi connectivity index (χ2n) is 6.19. The number of amidine groups is 1. The lowest BCUT2D eigenvalue weighted by Crippen LogP contribution is -2.48. The summed E-state index contributed by atoms with van der Waals surface area (Å²) >= 11 is 1.10. The van der Waals surface area contributed by atoms with Gasteiger partial charge in [-0.25, -0.2) is 0 Å². The first-order chi connectivity index (χ1) is 11.7. The second-order valence-corrected chi connectivity index (χ2v) is 7.37. The number of likely N-dealkylation sites (N-methyl/N-ethyl adjacent to an activating group) is 1. The van der Waals surface area contributed by atoms with E-state index in [1.54, 1.807) is 4.90 Å². The first-order valence-electron chi connectivity index (χ1n) is 8.02. The van der Waals surface area contributed by atoms with Crippen LogP contribution in [0.25, 0.3) is 0 Å². The summed E-state index contributed by atoms with van der Waals surface area (Å²) in [5.74, 6) is -0.877. The van der Waals surface area contributed by atoms with Crippen LogP contribution in [0.2, 0.25) is 0 Å². The van der Waals surface area contributed by atoms with Gasteiger partial charge >= 0.3 is 0 Å². The van der Waals surface area contributed by atoms with Crippen molar-refractivity contribution < 1.29 is 14.4 Å². The maximum Gasteiger partial charge on any atom is 0.270 e. The lowest BCUT2D eigenvalue weighted by atomic mass is 10.0. The Morgan fingerprint density at radius 3 is 2.52 bits per heavy atom. The molecule has 2 heterocycles. The molecule has 2 aliphatic heterocycles. The molecule has 0 bridgehead atoms. The third kappa shape index (κ3) is 2.43. The predicted octanol–water partition coefficient (Wildman–Crippen LogP) is 1.83. The van der Waals surface area contributed by atoms with Gasteiger partial charge in [0.2, 0.25) is 16.7 Å². The standard InChI is InChI=1S/C17H20N4O3S/c1-6-20-14-10(3)7-9(2)8-13(14)17(15(20)24)21(12(5)23)19-16(25-17)18-11(4)22/h7-8H,6H2,1-5H3,(H,18,19,22)/t17-/m0/s1. The SMILES string of the molecule is CCN1C(=O)[C@@]2(SC(NC(C)=O)=NN2C(C)=O)c2cc(C)cc(C)c21. The zero-order valence-corrected chi connectivity index (χ0v) is 15.7. The Bertz CT molecular complexity index is 835. The summed E-state index contributed by atoms with van der Waals surface area (Å²) in [5, 5.41) is 8.27. The molecular weight excluding hydrogens is 340 g/mol. The molecule has 8 heteroatoms. The number of rotatable bonds is 1. The number of carbonyl (C=O) groups is 3. The van der Waals surface area contributed by atoms with E-state index in [1.807, 2.05) is 32.9 Å². The maximum atomic E-state index is 13.4. The van der Waals surface area contributed by atoms with Gasteiger partial charge in [-0.2, -0.15) is 5.01 Å². The van der Waals surface area contributed by atoms with Crippen molar-refractivity contribution in [2.24, 2.45) is 5.10 Å². The number of fused-ring (bicyclic) bond motifs is 2. The highest BCUT2D eigenvalue weighted by molar-refractivity contribution is 8.15. The second kappa shape index (κ2) is 5.87. The fourth-order valence-electron chi connectivity index (χ4n) is 3.44. The molecule has 7 nitrogen and oxygen atoms in total. The molecule has 0 fully saturated rings. The fourth-order valence-corrected chi connectivity index (χ4v) is 4.76. The number of benzene rings is 1. The Labute approximate surface area is 150 Å². The minimum atomic E-state index is -1.30. The molecule has 1 aromatic rings. The number of nitrogens with zero attached hydrogens (tertiary/aromatic N) is 3. The van der Waals surface area contributed by atoms with Crippen molar-refractivity contribution in [1.29, 1.82) is 0 Å². The van der Waals surface area contributed by atoms with Crippen LogP contribution in [-0.4, -0.2) is 34.4 Å². The number of amides is 3. The zero-order valence-electron chi connectivity index (χ0n) is 14.8. The summed E-state index contributed by atoms with van der Waals surface area (Å²) < 4.78 is 0. The Morgan fingerprint density at radius 1 is 1.28 bits per heavy atom. The molecule has 25 heavy (non-hydrogen) atoms. The largest absolute Gasteiger partial charge is 0.309 e. The smallest absolute Gasteiger partial charge is 0.270 e. The number of nitrogens with one attached hydrogen (secondary N) is 1. The molecule has 3 rings (SSSR count). The van der Waals surface area contributed by atoms with E-state index >= 15 is 0 Å². The van der Waals surface area contributed by atoms with E-state index in [2.05, 4.69) is 10.4 Å². The van der Waals surface area contributed by atoms with Gasteiger partial charge in [0.05, 0.1) is 5.69 Å². The Kier molecular flexibility index (Phi) is 4.10. The van der Waals surface area contributed by atoms with Crippen molar-refractivity contribution >= 4 is 40.3 Å². The van der Waals surface area contributed by atoms with Gasteiger partial charge < -0.3 is 10.2 Å². The highest BCUT2D eigenvalue weighted by Gasteiger charge is 2.61. The molecule has 2 aliphatic rings. The first-order valence-corrected chi connectivity index (χ1v) is 8.83. The van der Waals surface area contributed by atoms with E-state index in [1.165, 1.54) is 18.9 Å².